The monoisotopic (exact) mass is 246 g/mol. The maximum atomic E-state index is 8.86. The summed E-state index contributed by atoms with van der Waals surface area (Å²) in [6.45, 7) is 7.07. The van der Waals surface area contributed by atoms with E-state index in [4.69, 9.17) is 14.7 Å². The molecule has 1 atom stereocenters. The van der Waals surface area contributed by atoms with E-state index < -0.39 is 5.79 Å². The summed E-state index contributed by atoms with van der Waals surface area (Å²) in [4.78, 5) is 0. The number of ether oxygens (including phenoxy) is 2. The third kappa shape index (κ3) is 3.00. The molecule has 0 aliphatic carbocycles. The van der Waals surface area contributed by atoms with Crippen molar-refractivity contribution in [1.29, 1.82) is 5.26 Å². The van der Waals surface area contributed by atoms with Gasteiger partial charge in [-0.25, -0.2) is 0 Å². The smallest absolute Gasteiger partial charge is 0.163 e. The van der Waals surface area contributed by atoms with Gasteiger partial charge in [-0.2, -0.15) is 5.26 Å². The highest BCUT2D eigenvalue weighted by atomic mass is 16.7. The summed E-state index contributed by atoms with van der Waals surface area (Å²) >= 11 is 0. The Hall–Kier alpha value is -1.57. The molecule has 4 nitrogen and oxygen atoms in total. The van der Waals surface area contributed by atoms with Gasteiger partial charge >= 0.3 is 0 Å². The molecule has 1 heterocycles. The lowest BCUT2D eigenvalue weighted by Crippen LogP contribution is -2.26. The van der Waals surface area contributed by atoms with Crippen LogP contribution in [-0.2, 0) is 9.47 Å². The maximum Gasteiger partial charge on any atom is 0.163 e. The van der Waals surface area contributed by atoms with Gasteiger partial charge in [0.05, 0.1) is 18.2 Å². The molecular weight excluding hydrogens is 228 g/mol. The molecule has 96 valence electrons. The maximum absolute atomic E-state index is 8.86. The van der Waals surface area contributed by atoms with Gasteiger partial charge < -0.3 is 14.8 Å². The zero-order valence-electron chi connectivity index (χ0n) is 11.0. The van der Waals surface area contributed by atoms with Gasteiger partial charge in [0, 0.05) is 12.2 Å². The second-order valence-corrected chi connectivity index (χ2v) is 4.97. The van der Waals surface area contributed by atoms with E-state index in [1.807, 2.05) is 39.0 Å². The lowest BCUT2D eigenvalue weighted by molar-refractivity contribution is -0.136. The third-order valence-corrected chi connectivity index (χ3v) is 2.95. The topological polar surface area (TPSA) is 54.3 Å². The Morgan fingerprint density at radius 1 is 1.50 bits per heavy atom. The average Bonchev–Trinajstić information content (AvgIpc) is 2.66. The van der Waals surface area contributed by atoms with E-state index in [0.717, 1.165) is 11.3 Å². The fourth-order valence-corrected chi connectivity index (χ4v) is 1.99. The summed E-state index contributed by atoms with van der Waals surface area (Å²) in [5, 5.41) is 12.2. The molecule has 1 aromatic carbocycles. The van der Waals surface area contributed by atoms with Gasteiger partial charge in [0.15, 0.2) is 5.79 Å². The van der Waals surface area contributed by atoms with Gasteiger partial charge in [-0.1, -0.05) is 0 Å². The lowest BCUT2D eigenvalue weighted by atomic mass is 10.1. The van der Waals surface area contributed by atoms with Crippen LogP contribution in [-0.4, -0.2) is 25.0 Å². The largest absolute Gasteiger partial charge is 0.382 e. The number of nitrogens with zero attached hydrogens (tertiary/aromatic N) is 1. The van der Waals surface area contributed by atoms with Crippen molar-refractivity contribution in [3.8, 4) is 6.07 Å². The van der Waals surface area contributed by atoms with E-state index in [1.165, 1.54) is 0 Å². The van der Waals surface area contributed by atoms with E-state index in [-0.39, 0.29) is 6.10 Å². The van der Waals surface area contributed by atoms with Gasteiger partial charge in [-0.05, 0) is 44.5 Å². The number of rotatable bonds is 3. The minimum Gasteiger partial charge on any atom is -0.382 e. The molecule has 0 radical (unpaired) electrons. The summed E-state index contributed by atoms with van der Waals surface area (Å²) in [7, 11) is 0. The number of aryl methyl sites for hydroxylation is 1. The van der Waals surface area contributed by atoms with Crippen LogP contribution in [0.4, 0.5) is 5.69 Å². The zero-order chi connectivity index (χ0) is 13.2. The number of benzene rings is 1. The lowest BCUT2D eigenvalue weighted by Gasteiger charge is -2.17. The van der Waals surface area contributed by atoms with E-state index in [9.17, 15) is 0 Å². The van der Waals surface area contributed by atoms with Gasteiger partial charge in [-0.15, -0.1) is 0 Å². The second-order valence-electron chi connectivity index (χ2n) is 4.97. The Kier molecular flexibility index (Phi) is 3.55. The normalized spacial score (nSPS) is 21.6. The van der Waals surface area contributed by atoms with Gasteiger partial charge in [0.2, 0.25) is 0 Å². The van der Waals surface area contributed by atoms with Crippen LogP contribution < -0.4 is 5.32 Å². The molecule has 18 heavy (non-hydrogen) atoms. The number of nitrogens with one attached hydrogen (secondary N) is 1. The van der Waals surface area contributed by atoms with Crippen LogP contribution >= 0.6 is 0 Å². The highest BCUT2D eigenvalue weighted by Gasteiger charge is 2.32. The molecule has 1 saturated heterocycles. The Bertz CT molecular complexity index is 477. The molecule has 1 unspecified atom stereocenters. The fourth-order valence-electron chi connectivity index (χ4n) is 1.99. The molecule has 0 amide bonds. The molecular formula is C14H18N2O2. The van der Waals surface area contributed by atoms with Crippen molar-refractivity contribution in [2.45, 2.75) is 32.7 Å². The van der Waals surface area contributed by atoms with Crippen LogP contribution in [0.2, 0.25) is 0 Å². The quantitative estimate of drug-likeness (QED) is 0.890. The van der Waals surface area contributed by atoms with Crippen molar-refractivity contribution in [3.05, 3.63) is 29.3 Å². The molecule has 1 aliphatic rings. The van der Waals surface area contributed by atoms with Crippen molar-refractivity contribution in [2.75, 3.05) is 18.5 Å². The predicted molar refractivity (Wildman–Crippen MR) is 69.3 cm³/mol. The minimum atomic E-state index is -0.479. The van der Waals surface area contributed by atoms with E-state index >= 15 is 0 Å². The van der Waals surface area contributed by atoms with Crippen molar-refractivity contribution in [3.63, 3.8) is 0 Å². The highest BCUT2D eigenvalue weighted by Crippen LogP contribution is 2.22. The van der Waals surface area contributed by atoms with E-state index in [0.29, 0.717) is 18.7 Å². The molecule has 0 saturated carbocycles. The van der Waals surface area contributed by atoms with E-state index in [1.54, 1.807) is 0 Å². The molecule has 1 aromatic rings. The summed E-state index contributed by atoms with van der Waals surface area (Å²) in [5.74, 6) is -0.479. The summed E-state index contributed by atoms with van der Waals surface area (Å²) < 4.78 is 11.2. The van der Waals surface area contributed by atoms with Crippen molar-refractivity contribution in [2.24, 2.45) is 0 Å². The second kappa shape index (κ2) is 4.97. The number of anilines is 1. The first kappa shape index (κ1) is 12.9. The van der Waals surface area contributed by atoms with Crippen LogP contribution in [0.25, 0.3) is 0 Å². The number of hydrogen-bond acceptors (Lipinski definition) is 4. The Morgan fingerprint density at radius 3 is 2.83 bits per heavy atom. The number of hydrogen-bond donors (Lipinski definition) is 1. The summed E-state index contributed by atoms with van der Waals surface area (Å²) in [6.07, 6.45) is 0.0657. The van der Waals surface area contributed by atoms with Crippen LogP contribution in [0.3, 0.4) is 0 Å². The first-order valence-corrected chi connectivity index (χ1v) is 6.06. The Balaban J connectivity index is 1.92. The van der Waals surface area contributed by atoms with Crippen LogP contribution in [0.1, 0.15) is 25.0 Å². The molecule has 0 spiro atoms. The Labute approximate surface area is 108 Å². The SMILES string of the molecule is Cc1cc(NCC2COC(C)(C)O2)ccc1C#N. The van der Waals surface area contributed by atoms with Crippen LogP contribution in [0.15, 0.2) is 18.2 Å². The molecule has 1 fully saturated rings. The van der Waals surface area contributed by atoms with Crippen molar-refractivity contribution >= 4 is 5.69 Å². The van der Waals surface area contributed by atoms with Crippen molar-refractivity contribution < 1.29 is 9.47 Å². The minimum absolute atomic E-state index is 0.0657. The first-order chi connectivity index (χ1) is 8.50. The highest BCUT2D eigenvalue weighted by molar-refractivity contribution is 5.51. The average molecular weight is 246 g/mol. The first-order valence-electron chi connectivity index (χ1n) is 6.06. The molecule has 1 aliphatic heterocycles. The summed E-state index contributed by atoms with van der Waals surface area (Å²) in [5.41, 5.74) is 2.69. The predicted octanol–water partition coefficient (Wildman–Crippen LogP) is 2.43. The molecule has 1 N–H and O–H groups in total. The van der Waals surface area contributed by atoms with Gasteiger partial charge in [0.1, 0.15) is 6.10 Å². The molecule has 0 aromatic heterocycles. The van der Waals surface area contributed by atoms with Gasteiger partial charge in [-0.3, -0.25) is 0 Å². The standard InChI is InChI=1S/C14H18N2O2/c1-10-6-12(5-4-11(10)7-15)16-8-13-9-17-14(2,3)18-13/h4-6,13,16H,8-9H2,1-3H3. The summed E-state index contributed by atoms with van der Waals surface area (Å²) in [6, 6.07) is 7.87. The van der Waals surface area contributed by atoms with E-state index in [2.05, 4.69) is 11.4 Å². The number of nitriles is 1. The molecule has 2 rings (SSSR count). The molecule has 0 bridgehead atoms. The molecule has 4 heteroatoms. The Morgan fingerprint density at radius 2 is 2.28 bits per heavy atom. The van der Waals surface area contributed by atoms with Crippen LogP contribution in [0.5, 0.6) is 0 Å². The zero-order valence-corrected chi connectivity index (χ0v) is 11.0. The third-order valence-electron chi connectivity index (χ3n) is 2.95. The van der Waals surface area contributed by atoms with Crippen molar-refractivity contribution in [1.82, 2.24) is 0 Å². The van der Waals surface area contributed by atoms with Gasteiger partial charge in [0.25, 0.3) is 0 Å². The fraction of sp³-hybridized carbons (Fsp3) is 0.500. The van der Waals surface area contributed by atoms with Crippen LogP contribution in [0, 0.1) is 18.3 Å².